The fourth-order valence-electron chi connectivity index (χ4n) is 4.11. The van der Waals surface area contributed by atoms with Gasteiger partial charge in [-0.05, 0) is 50.9 Å². The van der Waals surface area contributed by atoms with Crippen LogP contribution in [-0.2, 0) is 19.5 Å². The van der Waals surface area contributed by atoms with Crippen molar-refractivity contribution in [3.05, 3.63) is 17.5 Å². The lowest BCUT2D eigenvalue weighted by Crippen LogP contribution is -2.34. The largest absolute Gasteiger partial charge is 0.338 e. The van der Waals surface area contributed by atoms with Gasteiger partial charge in [0.1, 0.15) is 11.6 Å². The molecule has 2 aromatic rings. The lowest BCUT2D eigenvalue weighted by Gasteiger charge is -2.30. The molecule has 0 atom stereocenters. The summed E-state index contributed by atoms with van der Waals surface area (Å²) < 4.78 is 7.58. The predicted octanol–water partition coefficient (Wildman–Crippen LogP) is 2.22. The zero-order valence-corrected chi connectivity index (χ0v) is 15.9. The SMILES string of the molecule is CCc1nc(N2CCC(c3nnc(CN4CCCC4)n3CC)CC2)no1. The molecule has 4 rings (SSSR count). The van der Waals surface area contributed by atoms with Gasteiger partial charge in [-0.1, -0.05) is 6.92 Å². The Morgan fingerprint density at radius 1 is 1.04 bits per heavy atom. The molecule has 0 N–H and O–H groups in total. The maximum atomic E-state index is 5.25. The van der Waals surface area contributed by atoms with Crippen LogP contribution < -0.4 is 4.90 Å². The van der Waals surface area contributed by atoms with E-state index < -0.39 is 0 Å². The second-order valence-corrected chi connectivity index (χ2v) is 7.30. The van der Waals surface area contributed by atoms with Gasteiger partial charge in [-0.3, -0.25) is 4.90 Å². The van der Waals surface area contributed by atoms with Gasteiger partial charge in [0.2, 0.25) is 5.89 Å². The Bertz CT molecular complexity index is 711. The van der Waals surface area contributed by atoms with Crippen LogP contribution in [0.4, 0.5) is 5.95 Å². The van der Waals surface area contributed by atoms with Crippen molar-refractivity contribution >= 4 is 5.95 Å². The molecule has 2 aliphatic rings. The number of nitrogens with zero attached hydrogens (tertiary/aromatic N) is 7. The molecule has 2 saturated heterocycles. The molecule has 0 bridgehead atoms. The van der Waals surface area contributed by atoms with Gasteiger partial charge in [-0.25, -0.2) is 0 Å². The summed E-state index contributed by atoms with van der Waals surface area (Å²) in [6.07, 6.45) is 5.50. The summed E-state index contributed by atoms with van der Waals surface area (Å²) in [4.78, 5) is 9.16. The van der Waals surface area contributed by atoms with Crippen molar-refractivity contribution in [2.75, 3.05) is 31.1 Å². The van der Waals surface area contributed by atoms with Crippen LogP contribution in [0.5, 0.6) is 0 Å². The highest BCUT2D eigenvalue weighted by molar-refractivity contribution is 5.29. The van der Waals surface area contributed by atoms with Crippen molar-refractivity contribution in [3.63, 3.8) is 0 Å². The minimum atomic E-state index is 0.462. The van der Waals surface area contributed by atoms with E-state index >= 15 is 0 Å². The first-order valence-electron chi connectivity index (χ1n) is 10.00. The molecule has 8 heteroatoms. The zero-order chi connectivity index (χ0) is 17.9. The Morgan fingerprint density at radius 3 is 2.46 bits per heavy atom. The van der Waals surface area contributed by atoms with Crippen LogP contribution in [0.15, 0.2) is 4.52 Å². The van der Waals surface area contributed by atoms with Crippen molar-refractivity contribution in [2.45, 2.75) is 65.0 Å². The molecule has 142 valence electrons. The average Bonchev–Trinajstić information content (AvgIpc) is 3.43. The molecule has 0 unspecified atom stereocenters. The molecule has 2 aliphatic heterocycles. The molecule has 0 spiro atoms. The predicted molar refractivity (Wildman–Crippen MR) is 98.1 cm³/mol. The van der Waals surface area contributed by atoms with E-state index in [9.17, 15) is 0 Å². The molecule has 4 heterocycles. The third-order valence-corrected chi connectivity index (χ3v) is 5.64. The van der Waals surface area contributed by atoms with Crippen molar-refractivity contribution in [3.8, 4) is 0 Å². The Labute approximate surface area is 154 Å². The summed E-state index contributed by atoms with van der Waals surface area (Å²) in [6, 6.07) is 0. The van der Waals surface area contributed by atoms with Gasteiger partial charge in [0.15, 0.2) is 0 Å². The second kappa shape index (κ2) is 7.73. The standard InChI is InChI=1S/C18H29N7O/c1-3-16-19-18(22-26-16)24-11-7-14(8-12-24)17-21-20-15(25(17)4-2)13-23-9-5-6-10-23/h14H,3-13H2,1-2H3. The average molecular weight is 359 g/mol. The minimum Gasteiger partial charge on any atom is -0.338 e. The van der Waals surface area contributed by atoms with E-state index in [1.165, 1.54) is 25.9 Å². The molecule has 2 fully saturated rings. The molecular weight excluding hydrogens is 330 g/mol. The van der Waals surface area contributed by atoms with Crippen LogP contribution in [0.1, 0.15) is 63.0 Å². The van der Waals surface area contributed by atoms with Crippen LogP contribution >= 0.6 is 0 Å². The zero-order valence-electron chi connectivity index (χ0n) is 15.9. The first-order chi connectivity index (χ1) is 12.8. The molecule has 2 aromatic heterocycles. The molecule has 0 aliphatic carbocycles. The molecule has 26 heavy (non-hydrogen) atoms. The fraction of sp³-hybridized carbons (Fsp3) is 0.778. The third-order valence-electron chi connectivity index (χ3n) is 5.64. The van der Waals surface area contributed by atoms with E-state index in [1.807, 2.05) is 6.92 Å². The molecule has 0 aromatic carbocycles. The minimum absolute atomic E-state index is 0.462. The maximum absolute atomic E-state index is 5.25. The number of aromatic nitrogens is 5. The number of likely N-dealkylation sites (tertiary alicyclic amines) is 1. The van der Waals surface area contributed by atoms with E-state index in [1.54, 1.807) is 0 Å². The van der Waals surface area contributed by atoms with Crippen LogP contribution in [0.2, 0.25) is 0 Å². The highest BCUT2D eigenvalue weighted by atomic mass is 16.5. The first-order valence-corrected chi connectivity index (χ1v) is 10.00. The van der Waals surface area contributed by atoms with E-state index in [0.717, 1.165) is 63.0 Å². The van der Waals surface area contributed by atoms with Gasteiger partial charge in [0.05, 0.1) is 6.54 Å². The quantitative estimate of drug-likeness (QED) is 0.783. The first kappa shape index (κ1) is 17.5. The normalized spacial score (nSPS) is 19.5. The Morgan fingerprint density at radius 2 is 1.81 bits per heavy atom. The van der Waals surface area contributed by atoms with Crippen molar-refractivity contribution in [2.24, 2.45) is 0 Å². The second-order valence-electron chi connectivity index (χ2n) is 7.30. The van der Waals surface area contributed by atoms with E-state index in [-0.39, 0.29) is 0 Å². The number of hydrogen-bond donors (Lipinski definition) is 0. The molecule has 0 saturated carbocycles. The summed E-state index contributed by atoms with van der Waals surface area (Å²) >= 11 is 0. The van der Waals surface area contributed by atoms with Crippen LogP contribution in [-0.4, -0.2) is 56.0 Å². The number of piperidine rings is 1. The Hall–Kier alpha value is -1.96. The van der Waals surface area contributed by atoms with Crippen molar-refractivity contribution < 1.29 is 4.52 Å². The third kappa shape index (κ3) is 3.47. The van der Waals surface area contributed by atoms with Gasteiger partial charge >= 0.3 is 0 Å². The molecule has 0 amide bonds. The van der Waals surface area contributed by atoms with Crippen molar-refractivity contribution in [1.29, 1.82) is 0 Å². The van der Waals surface area contributed by atoms with E-state index in [2.05, 4.69) is 41.6 Å². The Balaban J connectivity index is 1.41. The summed E-state index contributed by atoms with van der Waals surface area (Å²) in [5.74, 6) is 4.18. The van der Waals surface area contributed by atoms with E-state index in [0.29, 0.717) is 11.8 Å². The van der Waals surface area contributed by atoms with Gasteiger partial charge in [0, 0.05) is 32.0 Å². The molecular formula is C18H29N7O. The number of hydrogen-bond acceptors (Lipinski definition) is 7. The van der Waals surface area contributed by atoms with Gasteiger partial charge in [-0.15, -0.1) is 10.2 Å². The number of rotatable bonds is 6. The Kier molecular flexibility index (Phi) is 5.19. The van der Waals surface area contributed by atoms with Crippen LogP contribution in [0.3, 0.4) is 0 Å². The summed E-state index contributed by atoms with van der Waals surface area (Å²) in [5, 5.41) is 13.2. The highest BCUT2D eigenvalue weighted by Crippen LogP contribution is 2.29. The smallest absolute Gasteiger partial charge is 0.266 e. The molecule has 8 nitrogen and oxygen atoms in total. The summed E-state index contributed by atoms with van der Waals surface area (Å²) in [5.41, 5.74) is 0. The van der Waals surface area contributed by atoms with Gasteiger partial charge < -0.3 is 14.0 Å². The summed E-state index contributed by atoms with van der Waals surface area (Å²) in [6.45, 7) is 10.3. The lowest BCUT2D eigenvalue weighted by atomic mass is 9.96. The fourth-order valence-corrected chi connectivity index (χ4v) is 4.11. The van der Waals surface area contributed by atoms with Gasteiger partial charge in [0.25, 0.3) is 5.95 Å². The van der Waals surface area contributed by atoms with E-state index in [4.69, 9.17) is 4.52 Å². The van der Waals surface area contributed by atoms with Crippen LogP contribution in [0, 0.1) is 0 Å². The molecule has 0 radical (unpaired) electrons. The highest BCUT2D eigenvalue weighted by Gasteiger charge is 2.28. The monoisotopic (exact) mass is 359 g/mol. The summed E-state index contributed by atoms with van der Waals surface area (Å²) in [7, 11) is 0. The van der Waals surface area contributed by atoms with Crippen LogP contribution in [0.25, 0.3) is 0 Å². The van der Waals surface area contributed by atoms with Crippen molar-refractivity contribution in [1.82, 2.24) is 29.8 Å². The lowest BCUT2D eigenvalue weighted by molar-refractivity contribution is 0.315. The van der Waals surface area contributed by atoms with Gasteiger partial charge in [-0.2, -0.15) is 4.98 Å². The number of anilines is 1. The topological polar surface area (TPSA) is 76.1 Å². The number of aryl methyl sites for hydroxylation is 1. The maximum Gasteiger partial charge on any atom is 0.266 e.